The summed E-state index contributed by atoms with van der Waals surface area (Å²) >= 11 is 12.3. The van der Waals surface area contributed by atoms with Gasteiger partial charge in [0.1, 0.15) is 0 Å². The Morgan fingerprint density at radius 3 is 2.50 bits per heavy atom. The third-order valence-electron chi connectivity index (χ3n) is 3.61. The van der Waals surface area contributed by atoms with Gasteiger partial charge in [-0.1, -0.05) is 48.0 Å². The van der Waals surface area contributed by atoms with Crippen molar-refractivity contribution in [2.45, 2.75) is 12.5 Å². The molecule has 0 aliphatic carbocycles. The van der Waals surface area contributed by atoms with E-state index in [1.165, 1.54) is 5.56 Å². The predicted molar refractivity (Wildman–Crippen MR) is 86.9 cm³/mol. The second-order valence-corrected chi connectivity index (χ2v) is 5.58. The van der Waals surface area contributed by atoms with Gasteiger partial charge in [-0.25, -0.2) is 0 Å². The number of hydrogen-bond acceptors (Lipinski definition) is 0. The van der Waals surface area contributed by atoms with Gasteiger partial charge in [-0.2, -0.15) is 0 Å². The molecule has 1 heterocycles. The summed E-state index contributed by atoms with van der Waals surface area (Å²) in [6.45, 7) is 0. The van der Waals surface area contributed by atoms with Gasteiger partial charge >= 0.3 is 0 Å². The van der Waals surface area contributed by atoms with Crippen LogP contribution in [-0.4, -0.2) is 10.4 Å². The van der Waals surface area contributed by atoms with Crippen molar-refractivity contribution in [3.8, 4) is 0 Å². The Balaban J connectivity index is 2.13. The lowest BCUT2D eigenvalue weighted by atomic mass is 10.0. The number of hydrogen-bond donors (Lipinski definition) is 0. The molecule has 0 aliphatic heterocycles. The van der Waals surface area contributed by atoms with Gasteiger partial charge in [0.15, 0.2) is 0 Å². The highest BCUT2D eigenvalue weighted by Crippen LogP contribution is 2.31. The highest BCUT2D eigenvalue weighted by atomic mass is 35.5. The van der Waals surface area contributed by atoms with Gasteiger partial charge < -0.3 is 4.57 Å². The standard InChI is InChI=1S/C17H15Cl2N/c18-11-9-16(13-5-2-1-3-6-13)20-12-10-14-15(19)7-4-8-17(14)20/h1-8,10,12,16H,9,11H2. The molecule has 20 heavy (non-hydrogen) atoms. The van der Waals surface area contributed by atoms with Gasteiger partial charge in [0.05, 0.1) is 11.6 Å². The fraction of sp³-hybridized carbons (Fsp3) is 0.176. The van der Waals surface area contributed by atoms with Crippen LogP contribution in [0.4, 0.5) is 0 Å². The van der Waals surface area contributed by atoms with Crippen LogP contribution in [0.3, 0.4) is 0 Å². The molecule has 0 amide bonds. The maximum atomic E-state index is 6.26. The maximum Gasteiger partial charge on any atom is 0.0597 e. The van der Waals surface area contributed by atoms with Crippen LogP contribution in [0.25, 0.3) is 10.9 Å². The lowest BCUT2D eigenvalue weighted by Crippen LogP contribution is -2.10. The van der Waals surface area contributed by atoms with E-state index in [-0.39, 0.29) is 6.04 Å². The lowest BCUT2D eigenvalue weighted by molar-refractivity contribution is 0.588. The van der Waals surface area contributed by atoms with Gasteiger partial charge in [-0.05, 0) is 30.2 Å². The van der Waals surface area contributed by atoms with Crippen LogP contribution in [0.5, 0.6) is 0 Å². The second-order valence-electron chi connectivity index (χ2n) is 4.80. The molecule has 1 aromatic heterocycles. The Kier molecular flexibility index (Phi) is 4.00. The van der Waals surface area contributed by atoms with Crippen LogP contribution >= 0.6 is 23.2 Å². The van der Waals surface area contributed by atoms with Crippen molar-refractivity contribution in [2.75, 3.05) is 5.88 Å². The predicted octanol–water partition coefficient (Wildman–Crippen LogP) is 5.51. The summed E-state index contributed by atoms with van der Waals surface area (Å²) in [6, 6.07) is 18.8. The molecule has 0 aliphatic rings. The SMILES string of the molecule is ClCCC(c1ccccc1)n1ccc2c(Cl)cccc21. The Hall–Kier alpha value is -1.44. The molecule has 0 saturated carbocycles. The van der Waals surface area contributed by atoms with Crippen LogP contribution in [-0.2, 0) is 0 Å². The smallest absolute Gasteiger partial charge is 0.0597 e. The Bertz CT molecular complexity index is 703. The van der Waals surface area contributed by atoms with E-state index >= 15 is 0 Å². The second kappa shape index (κ2) is 5.90. The Morgan fingerprint density at radius 2 is 1.75 bits per heavy atom. The molecule has 3 aromatic rings. The molecule has 0 fully saturated rings. The quantitative estimate of drug-likeness (QED) is 0.560. The molecule has 1 nitrogen and oxygen atoms in total. The van der Waals surface area contributed by atoms with Crippen LogP contribution in [0.15, 0.2) is 60.8 Å². The van der Waals surface area contributed by atoms with Gasteiger partial charge in [0.25, 0.3) is 0 Å². The van der Waals surface area contributed by atoms with Crippen molar-refractivity contribution in [1.82, 2.24) is 4.57 Å². The third-order valence-corrected chi connectivity index (χ3v) is 4.16. The zero-order chi connectivity index (χ0) is 13.9. The number of benzene rings is 2. The first-order valence-corrected chi connectivity index (χ1v) is 7.58. The summed E-state index contributed by atoms with van der Waals surface area (Å²) < 4.78 is 2.26. The van der Waals surface area contributed by atoms with E-state index in [4.69, 9.17) is 23.2 Å². The summed E-state index contributed by atoms with van der Waals surface area (Å²) in [5, 5.41) is 1.88. The molecule has 0 bridgehead atoms. The van der Waals surface area contributed by atoms with E-state index in [1.807, 2.05) is 18.2 Å². The van der Waals surface area contributed by atoms with E-state index in [9.17, 15) is 0 Å². The number of halogens is 2. The minimum Gasteiger partial charge on any atom is -0.340 e. The Labute approximate surface area is 128 Å². The minimum atomic E-state index is 0.240. The van der Waals surface area contributed by atoms with Crippen LogP contribution in [0.2, 0.25) is 5.02 Å². The molecule has 3 rings (SSSR count). The number of fused-ring (bicyclic) bond motifs is 1. The molecule has 3 heteroatoms. The van der Waals surface area contributed by atoms with Crippen molar-refractivity contribution in [3.63, 3.8) is 0 Å². The van der Waals surface area contributed by atoms with E-state index in [2.05, 4.69) is 47.2 Å². The molecule has 0 radical (unpaired) electrons. The van der Waals surface area contributed by atoms with Crippen molar-refractivity contribution in [2.24, 2.45) is 0 Å². The highest BCUT2D eigenvalue weighted by Gasteiger charge is 2.15. The highest BCUT2D eigenvalue weighted by molar-refractivity contribution is 6.35. The average Bonchev–Trinajstić information content (AvgIpc) is 2.91. The lowest BCUT2D eigenvalue weighted by Gasteiger charge is -2.20. The number of aromatic nitrogens is 1. The molecule has 1 unspecified atom stereocenters. The van der Waals surface area contributed by atoms with Crippen molar-refractivity contribution in [3.05, 3.63) is 71.4 Å². The first kappa shape index (κ1) is 13.5. The Morgan fingerprint density at radius 1 is 0.950 bits per heavy atom. The van der Waals surface area contributed by atoms with Gasteiger partial charge in [0, 0.05) is 22.5 Å². The molecule has 0 saturated heterocycles. The summed E-state index contributed by atoms with van der Waals surface area (Å²) in [5.41, 5.74) is 2.42. The zero-order valence-electron chi connectivity index (χ0n) is 11.0. The van der Waals surface area contributed by atoms with E-state index in [0.717, 1.165) is 22.3 Å². The molecule has 2 aromatic carbocycles. The van der Waals surface area contributed by atoms with Crippen LogP contribution in [0, 0.1) is 0 Å². The van der Waals surface area contributed by atoms with E-state index in [0.29, 0.717) is 5.88 Å². The molecule has 1 atom stereocenters. The average molecular weight is 304 g/mol. The fourth-order valence-electron chi connectivity index (χ4n) is 2.67. The van der Waals surface area contributed by atoms with E-state index in [1.54, 1.807) is 0 Å². The molecule has 0 spiro atoms. The third kappa shape index (κ3) is 2.44. The van der Waals surface area contributed by atoms with Crippen molar-refractivity contribution >= 4 is 34.1 Å². The van der Waals surface area contributed by atoms with Gasteiger partial charge in [-0.3, -0.25) is 0 Å². The first-order chi connectivity index (χ1) is 9.81. The normalized spacial score (nSPS) is 12.7. The maximum absolute atomic E-state index is 6.26. The topological polar surface area (TPSA) is 4.93 Å². The van der Waals surface area contributed by atoms with Crippen LogP contribution < -0.4 is 0 Å². The number of alkyl halides is 1. The summed E-state index contributed by atoms with van der Waals surface area (Å²) in [5.74, 6) is 0.625. The molecule has 0 N–H and O–H groups in total. The largest absolute Gasteiger partial charge is 0.340 e. The minimum absolute atomic E-state index is 0.240. The van der Waals surface area contributed by atoms with Crippen molar-refractivity contribution < 1.29 is 0 Å². The van der Waals surface area contributed by atoms with Gasteiger partial charge in [-0.15, -0.1) is 11.6 Å². The molecular weight excluding hydrogens is 289 g/mol. The number of nitrogens with zero attached hydrogens (tertiary/aromatic N) is 1. The summed E-state index contributed by atoms with van der Waals surface area (Å²) in [7, 11) is 0. The molecular formula is C17H15Cl2N. The molecule has 102 valence electrons. The number of rotatable bonds is 4. The van der Waals surface area contributed by atoms with E-state index < -0.39 is 0 Å². The summed E-state index contributed by atoms with van der Waals surface area (Å²) in [6.07, 6.45) is 2.99. The first-order valence-electron chi connectivity index (χ1n) is 6.67. The van der Waals surface area contributed by atoms with Gasteiger partial charge in [0.2, 0.25) is 0 Å². The van der Waals surface area contributed by atoms with Crippen LogP contribution in [0.1, 0.15) is 18.0 Å². The fourth-order valence-corrected chi connectivity index (χ4v) is 3.11. The zero-order valence-corrected chi connectivity index (χ0v) is 12.5. The monoisotopic (exact) mass is 303 g/mol. The summed E-state index contributed by atoms with van der Waals surface area (Å²) in [4.78, 5) is 0. The van der Waals surface area contributed by atoms with Crippen molar-refractivity contribution in [1.29, 1.82) is 0 Å².